The number of rotatable bonds is 7. The van der Waals surface area contributed by atoms with Crippen LogP contribution in [0.3, 0.4) is 0 Å². The van der Waals surface area contributed by atoms with Crippen LogP contribution in [0.25, 0.3) is 0 Å². The van der Waals surface area contributed by atoms with Crippen LogP contribution in [0, 0.1) is 11.8 Å². The zero-order valence-electron chi connectivity index (χ0n) is 14.1. The average molecular weight is 325 g/mol. The van der Waals surface area contributed by atoms with E-state index < -0.39 is 30.0 Å². The summed E-state index contributed by atoms with van der Waals surface area (Å²) in [6.07, 6.45) is 0.0734. The molecular formula is C15H23N3O5. The van der Waals surface area contributed by atoms with E-state index in [1.165, 1.54) is 7.11 Å². The lowest BCUT2D eigenvalue weighted by Crippen LogP contribution is -2.55. The van der Waals surface area contributed by atoms with Crippen LogP contribution < -0.4 is 5.73 Å². The van der Waals surface area contributed by atoms with Crippen molar-refractivity contribution in [3.63, 3.8) is 0 Å². The van der Waals surface area contributed by atoms with E-state index in [9.17, 15) is 19.2 Å². The number of nitrogens with two attached hydrogens (primary N) is 1. The van der Waals surface area contributed by atoms with Crippen molar-refractivity contribution >= 4 is 23.6 Å². The van der Waals surface area contributed by atoms with Gasteiger partial charge in [-0.05, 0) is 12.3 Å². The molecule has 23 heavy (non-hydrogen) atoms. The molecule has 0 spiro atoms. The van der Waals surface area contributed by atoms with E-state index in [0.717, 1.165) is 9.96 Å². The Morgan fingerprint density at radius 1 is 1.26 bits per heavy atom. The monoisotopic (exact) mass is 325 g/mol. The highest BCUT2D eigenvalue weighted by Gasteiger charge is 2.47. The smallest absolute Gasteiger partial charge is 0.285 e. The fourth-order valence-electron chi connectivity index (χ4n) is 2.22. The van der Waals surface area contributed by atoms with Crippen molar-refractivity contribution in [1.29, 1.82) is 0 Å². The van der Waals surface area contributed by atoms with E-state index in [1.54, 1.807) is 13.8 Å². The highest BCUT2D eigenvalue weighted by molar-refractivity contribution is 6.16. The normalized spacial score (nSPS) is 15.6. The SMILES string of the molecule is CC[C@@H](C)C1=C(N(OC)C(=O)C(C)C)C(=O)N1C(=O)CC(N)=O. The van der Waals surface area contributed by atoms with Crippen LogP contribution in [0.2, 0.25) is 0 Å². The maximum Gasteiger partial charge on any atom is 0.285 e. The number of carbonyl (C=O) groups excluding carboxylic acids is 4. The summed E-state index contributed by atoms with van der Waals surface area (Å²) in [4.78, 5) is 53.5. The minimum atomic E-state index is -0.818. The largest absolute Gasteiger partial charge is 0.369 e. The van der Waals surface area contributed by atoms with Gasteiger partial charge in [0.2, 0.25) is 11.8 Å². The average Bonchev–Trinajstić information content (AvgIpc) is 2.47. The molecule has 4 amide bonds. The third-order valence-electron chi connectivity index (χ3n) is 3.62. The van der Waals surface area contributed by atoms with Gasteiger partial charge in [-0.1, -0.05) is 27.7 Å². The Morgan fingerprint density at radius 3 is 2.22 bits per heavy atom. The first-order valence-corrected chi connectivity index (χ1v) is 7.45. The first-order chi connectivity index (χ1) is 10.7. The summed E-state index contributed by atoms with van der Waals surface area (Å²) in [6.45, 7) is 7.06. The van der Waals surface area contributed by atoms with Gasteiger partial charge in [0.25, 0.3) is 11.8 Å². The lowest BCUT2D eigenvalue weighted by atomic mass is 9.94. The molecule has 0 radical (unpaired) electrons. The molecule has 1 heterocycles. The third kappa shape index (κ3) is 3.58. The summed E-state index contributed by atoms with van der Waals surface area (Å²) in [7, 11) is 1.28. The quantitative estimate of drug-likeness (QED) is 0.542. The highest BCUT2D eigenvalue weighted by atomic mass is 16.7. The van der Waals surface area contributed by atoms with Crippen molar-refractivity contribution in [2.45, 2.75) is 40.5 Å². The molecule has 0 fully saturated rings. The number of imide groups is 1. The van der Waals surface area contributed by atoms with E-state index in [-0.39, 0.29) is 17.5 Å². The Bertz CT molecular complexity index is 567. The number of hydrogen-bond donors (Lipinski definition) is 1. The van der Waals surface area contributed by atoms with E-state index >= 15 is 0 Å². The van der Waals surface area contributed by atoms with Crippen molar-refractivity contribution in [3.05, 3.63) is 11.4 Å². The second-order valence-corrected chi connectivity index (χ2v) is 5.69. The number of amides is 4. The number of nitrogens with zero attached hydrogens (tertiary/aromatic N) is 2. The summed E-state index contributed by atoms with van der Waals surface area (Å²) in [5, 5.41) is 0.919. The second kappa shape index (κ2) is 7.36. The zero-order valence-corrected chi connectivity index (χ0v) is 14.1. The molecule has 1 atom stereocenters. The molecule has 8 heteroatoms. The predicted octanol–water partition coefficient (Wildman–Crippen LogP) is 0.534. The summed E-state index contributed by atoms with van der Waals surface area (Å²) in [5.74, 6) is -3.13. The summed E-state index contributed by atoms with van der Waals surface area (Å²) < 4.78 is 0. The molecule has 0 aromatic heterocycles. The van der Waals surface area contributed by atoms with Crippen LogP contribution in [-0.2, 0) is 24.0 Å². The lowest BCUT2D eigenvalue weighted by molar-refractivity contribution is -0.178. The fraction of sp³-hybridized carbons (Fsp3) is 0.600. The van der Waals surface area contributed by atoms with Gasteiger partial charge >= 0.3 is 0 Å². The van der Waals surface area contributed by atoms with Gasteiger partial charge in [-0.2, -0.15) is 5.06 Å². The molecule has 0 aliphatic carbocycles. The van der Waals surface area contributed by atoms with Crippen molar-refractivity contribution in [2.24, 2.45) is 17.6 Å². The molecule has 0 unspecified atom stereocenters. The van der Waals surface area contributed by atoms with Crippen LogP contribution in [0.5, 0.6) is 0 Å². The van der Waals surface area contributed by atoms with Gasteiger partial charge in [-0.25, -0.2) is 4.90 Å². The summed E-state index contributed by atoms with van der Waals surface area (Å²) in [6, 6.07) is 0. The minimum Gasteiger partial charge on any atom is -0.369 e. The maximum atomic E-state index is 12.4. The van der Waals surface area contributed by atoms with Gasteiger partial charge in [0.05, 0.1) is 12.8 Å². The van der Waals surface area contributed by atoms with Crippen molar-refractivity contribution in [3.8, 4) is 0 Å². The van der Waals surface area contributed by atoms with E-state index in [1.807, 2.05) is 13.8 Å². The van der Waals surface area contributed by atoms with Crippen molar-refractivity contribution in [1.82, 2.24) is 9.96 Å². The predicted molar refractivity (Wildman–Crippen MR) is 80.8 cm³/mol. The van der Waals surface area contributed by atoms with Gasteiger partial charge in [-0.15, -0.1) is 0 Å². The molecule has 1 aliphatic rings. The topological polar surface area (TPSA) is 110 Å². The number of primary amides is 1. The van der Waals surface area contributed by atoms with Crippen molar-refractivity contribution < 1.29 is 24.0 Å². The van der Waals surface area contributed by atoms with Crippen LogP contribution in [0.15, 0.2) is 11.4 Å². The fourth-order valence-corrected chi connectivity index (χ4v) is 2.22. The molecule has 0 bridgehead atoms. The summed E-state index contributed by atoms with van der Waals surface area (Å²) >= 11 is 0. The molecule has 8 nitrogen and oxygen atoms in total. The third-order valence-corrected chi connectivity index (χ3v) is 3.62. The van der Waals surface area contributed by atoms with E-state index in [2.05, 4.69) is 0 Å². The Kier molecular flexibility index (Phi) is 6.03. The molecule has 0 saturated heterocycles. The molecule has 2 N–H and O–H groups in total. The van der Waals surface area contributed by atoms with Gasteiger partial charge in [0, 0.05) is 5.92 Å². The van der Waals surface area contributed by atoms with Crippen LogP contribution >= 0.6 is 0 Å². The minimum absolute atomic E-state index is 0.0402. The molecule has 0 aromatic carbocycles. The molecule has 128 valence electrons. The van der Waals surface area contributed by atoms with Crippen LogP contribution in [0.4, 0.5) is 0 Å². The molecule has 1 rings (SSSR count). The molecule has 1 aliphatic heterocycles. The van der Waals surface area contributed by atoms with Gasteiger partial charge in [-0.3, -0.25) is 24.0 Å². The van der Waals surface area contributed by atoms with Gasteiger partial charge in [0.1, 0.15) is 6.42 Å². The number of carbonyl (C=O) groups is 4. The van der Waals surface area contributed by atoms with Gasteiger partial charge in [0.15, 0.2) is 5.70 Å². The van der Waals surface area contributed by atoms with Crippen LogP contribution in [-0.4, -0.2) is 40.7 Å². The van der Waals surface area contributed by atoms with Crippen LogP contribution in [0.1, 0.15) is 40.5 Å². The van der Waals surface area contributed by atoms with Crippen molar-refractivity contribution in [2.75, 3.05) is 7.11 Å². The Hall–Kier alpha value is -2.22. The first kappa shape index (κ1) is 18.8. The molecule has 0 aromatic rings. The second-order valence-electron chi connectivity index (χ2n) is 5.69. The standard InChI is InChI=1S/C15H23N3O5/c1-6-9(4)12-13(18(23-5)14(21)8(2)3)15(22)17(12)11(20)7-10(16)19/h8-9H,6-7H2,1-5H3,(H2,16,19)/t9-/m1/s1. The Balaban J connectivity index is 3.29. The van der Waals surface area contributed by atoms with Gasteiger partial charge < -0.3 is 5.73 Å². The molecular weight excluding hydrogens is 302 g/mol. The van der Waals surface area contributed by atoms with E-state index in [0.29, 0.717) is 12.1 Å². The Labute approximate surface area is 135 Å². The number of hydrogen-bond acceptors (Lipinski definition) is 5. The first-order valence-electron chi connectivity index (χ1n) is 7.45. The maximum absolute atomic E-state index is 12.4. The van der Waals surface area contributed by atoms with E-state index in [4.69, 9.17) is 10.6 Å². The number of allylic oxidation sites excluding steroid dienone is 1. The number of hydroxylamine groups is 2. The molecule has 0 saturated carbocycles. The lowest BCUT2D eigenvalue weighted by Gasteiger charge is -2.40. The Morgan fingerprint density at radius 2 is 1.83 bits per heavy atom. The summed E-state index contributed by atoms with van der Waals surface area (Å²) in [5.41, 5.74) is 5.43. The zero-order chi connectivity index (χ0) is 17.9. The highest BCUT2D eigenvalue weighted by Crippen LogP contribution is 2.36.